The molecule has 1 unspecified atom stereocenters. The molecule has 0 aromatic rings. The number of nitrogens with one attached hydrogen (secondary N) is 2. The smallest absolute Gasteiger partial charge is 0.408 e. The van der Waals surface area contributed by atoms with Crippen LogP contribution in [0.1, 0.15) is 85.0 Å². The van der Waals surface area contributed by atoms with Crippen molar-refractivity contribution in [3.05, 3.63) is 0 Å². The Morgan fingerprint density at radius 1 is 0.949 bits per heavy atom. The van der Waals surface area contributed by atoms with Crippen LogP contribution in [0.25, 0.3) is 0 Å². The number of carbonyl (C=O) groups excluding carboxylic acids is 5. The SMILES string of the molecule is CC(C)(C)OC(=O)N[C@H](C(=O)N1C[C@H](C(Cl)Cl)C[C@H]1C(=O)NC(CC1CCC1)C(=O)C(N)=O)C1CCCCC1. The second kappa shape index (κ2) is 13.5. The van der Waals surface area contributed by atoms with Crippen molar-refractivity contribution in [1.29, 1.82) is 0 Å². The van der Waals surface area contributed by atoms with Gasteiger partial charge >= 0.3 is 6.09 Å². The number of nitrogens with two attached hydrogens (primary N) is 1. The molecule has 12 heteroatoms. The summed E-state index contributed by atoms with van der Waals surface area (Å²) < 4.78 is 5.44. The van der Waals surface area contributed by atoms with Gasteiger partial charge in [0.1, 0.15) is 22.5 Å². The molecule has 0 spiro atoms. The first kappa shape index (κ1) is 31.5. The number of hydrogen-bond donors (Lipinski definition) is 3. The maximum Gasteiger partial charge on any atom is 0.408 e. The summed E-state index contributed by atoms with van der Waals surface area (Å²) in [6.45, 7) is 5.34. The van der Waals surface area contributed by atoms with Crippen LogP contribution in [0.2, 0.25) is 0 Å². The van der Waals surface area contributed by atoms with E-state index in [-0.39, 0.29) is 24.8 Å². The van der Waals surface area contributed by atoms with Crippen molar-refractivity contribution in [1.82, 2.24) is 15.5 Å². The molecule has 1 aliphatic heterocycles. The van der Waals surface area contributed by atoms with Crippen LogP contribution >= 0.6 is 23.2 Å². The van der Waals surface area contributed by atoms with Crippen LogP contribution in [0, 0.1) is 17.8 Å². The van der Waals surface area contributed by atoms with E-state index in [9.17, 15) is 24.0 Å². The quantitative estimate of drug-likeness (QED) is 0.263. The molecule has 220 valence electrons. The van der Waals surface area contributed by atoms with E-state index in [0.717, 1.165) is 51.4 Å². The van der Waals surface area contributed by atoms with Gasteiger partial charge in [0.05, 0.1) is 6.04 Å². The minimum Gasteiger partial charge on any atom is -0.444 e. The zero-order valence-electron chi connectivity index (χ0n) is 23.0. The van der Waals surface area contributed by atoms with Gasteiger partial charge in [-0.3, -0.25) is 19.2 Å². The number of primary amides is 1. The summed E-state index contributed by atoms with van der Waals surface area (Å²) in [5, 5.41) is 5.47. The second-order valence-electron chi connectivity index (χ2n) is 12.2. The van der Waals surface area contributed by atoms with Crippen molar-refractivity contribution in [2.45, 2.75) is 114 Å². The van der Waals surface area contributed by atoms with E-state index in [0.29, 0.717) is 6.42 Å². The summed E-state index contributed by atoms with van der Waals surface area (Å²) in [5.74, 6) is -3.25. The number of carbonyl (C=O) groups is 5. The fourth-order valence-electron chi connectivity index (χ4n) is 5.74. The van der Waals surface area contributed by atoms with E-state index in [4.69, 9.17) is 33.7 Å². The molecule has 3 rings (SSSR count). The van der Waals surface area contributed by atoms with Crippen molar-refractivity contribution in [2.75, 3.05) is 6.54 Å². The van der Waals surface area contributed by atoms with Gasteiger partial charge in [0.2, 0.25) is 17.6 Å². The molecular weight excluding hydrogens is 547 g/mol. The highest BCUT2D eigenvalue weighted by molar-refractivity contribution is 6.44. The molecular formula is C27H42Cl2N4O6. The highest BCUT2D eigenvalue weighted by Gasteiger charge is 2.46. The van der Waals surface area contributed by atoms with Crippen molar-refractivity contribution >= 4 is 52.8 Å². The predicted molar refractivity (Wildman–Crippen MR) is 147 cm³/mol. The van der Waals surface area contributed by atoms with E-state index < -0.39 is 64.1 Å². The Bertz CT molecular complexity index is 930. The molecule has 3 fully saturated rings. The number of nitrogens with zero attached hydrogens (tertiary/aromatic N) is 1. The van der Waals surface area contributed by atoms with Crippen LogP contribution in [0.15, 0.2) is 0 Å². The van der Waals surface area contributed by atoms with Crippen LogP contribution in [-0.2, 0) is 23.9 Å². The normalized spacial score (nSPS) is 24.0. The molecule has 4 amide bonds. The van der Waals surface area contributed by atoms with Gasteiger partial charge in [0, 0.05) is 12.5 Å². The number of Topliss-reactive ketones (excluding diaryl/α,β-unsaturated/α-hetero) is 1. The molecule has 0 radical (unpaired) electrons. The highest BCUT2D eigenvalue weighted by Crippen LogP contribution is 2.35. The Hall–Kier alpha value is -2.07. The average molecular weight is 590 g/mol. The predicted octanol–water partition coefficient (Wildman–Crippen LogP) is 3.21. The van der Waals surface area contributed by atoms with E-state index in [2.05, 4.69) is 10.6 Å². The number of amides is 4. The van der Waals surface area contributed by atoms with Gasteiger partial charge in [-0.2, -0.15) is 0 Å². The maximum atomic E-state index is 14.0. The summed E-state index contributed by atoms with van der Waals surface area (Å²) in [5.41, 5.74) is 4.51. The van der Waals surface area contributed by atoms with Crippen LogP contribution in [0.4, 0.5) is 4.79 Å². The number of ketones is 1. The van der Waals surface area contributed by atoms with Crippen molar-refractivity contribution < 1.29 is 28.7 Å². The molecule has 3 aliphatic rings. The number of alkyl carbamates (subject to hydrolysis) is 1. The summed E-state index contributed by atoms with van der Waals surface area (Å²) in [6.07, 6.45) is 7.07. The monoisotopic (exact) mass is 588 g/mol. The first-order valence-corrected chi connectivity index (χ1v) is 14.9. The van der Waals surface area contributed by atoms with E-state index in [1.54, 1.807) is 20.8 Å². The summed E-state index contributed by atoms with van der Waals surface area (Å²) >= 11 is 12.4. The van der Waals surface area contributed by atoms with Gasteiger partial charge in [-0.1, -0.05) is 38.5 Å². The lowest BCUT2D eigenvalue weighted by Gasteiger charge is -2.35. The zero-order valence-corrected chi connectivity index (χ0v) is 24.6. The lowest BCUT2D eigenvalue weighted by Crippen LogP contribution is -2.58. The number of likely N-dealkylation sites (tertiary alicyclic amines) is 1. The van der Waals surface area contributed by atoms with Gasteiger partial charge in [-0.25, -0.2) is 4.79 Å². The molecule has 1 heterocycles. The first-order valence-electron chi connectivity index (χ1n) is 14.0. The molecule has 4 atom stereocenters. The molecule has 0 bridgehead atoms. The molecule has 4 N–H and O–H groups in total. The van der Waals surface area contributed by atoms with Crippen molar-refractivity contribution in [2.24, 2.45) is 23.5 Å². The average Bonchev–Trinajstić information content (AvgIpc) is 3.28. The lowest BCUT2D eigenvalue weighted by molar-refractivity contribution is -0.143. The fourth-order valence-corrected chi connectivity index (χ4v) is 6.10. The minimum absolute atomic E-state index is 0.116. The van der Waals surface area contributed by atoms with E-state index in [1.165, 1.54) is 4.90 Å². The van der Waals surface area contributed by atoms with Gasteiger partial charge in [-0.05, 0) is 58.3 Å². The third kappa shape index (κ3) is 8.71. The maximum absolute atomic E-state index is 14.0. The summed E-state index contributed by atoms with van der Waals surface area (Å²) in [6, 6.07) is -2.93. The number of ether oxygens (including phenoxy) is 1. The van der Waals surface area contributed by atoms with Gasteiger partial charge < -0.3 is 26.0 Å². The number of rotatable bonds is 10. The third-order valence-corrected chi connectivity index (χ3v) is 8.72. The first-order chi connectivity index (χ1) is 18.3. The molecule has 1 saturated heterocycles. The second-order valence-corrected chi connectivity index (χ2v) is 13.3. The molecule has 0 aromatic carbocycles. The van der Waals surface area contributed by atoms with E-state index >= 15 is 0 Å². The number of hydrogen-bond acceptors (Lipinski definition) is 6. The lowest BCUT2D eigenvalue weighted by atomic mass is 9.80. The Balaban J connectivity index is 1.83. The Morgan fingerprint density at radius 3 is 2.10 bits per heavy atom. The van der Waals surface area contributed by atoms with Crippen LogP contribution in [-0.4, -0.2) is 69.6 Å². The van der Waals surface area contributed by atoms with Crippen LogP contribution in [0.3, 0.4) is 0 Å². The molecule has 2 saturated carbocycles. The topological polar surface area (TPSA) is 148 Å². The van der Waals surface area contributed by atoms with Crippen molar-refractivity contribution in [3.63, 3.8) is 0 Å². The summed E-state index contributed by atoms with van der Waals surface area (Å²) in [4.78, 5) is 65.1. The zero-order chi connectivity index (χ0) is 28.9. The van der Waals surface area contributed by atoms with Gasteiger partial charge in [-0.15, -0.1) is 23.2 Å². The van der Waals surface area contributed by atoms with Crippen LogP contribution in [0.5, 0.6) is 0 Å². The largest absolute Gasteiger partial charge is 0.444 e. The van der Waals surface area contributed by atoms with Gasteiger partial charge in [0.15, 0.2) is 0 Å². The van der Waals surface area contributed by atoms with E-state index in [1.807, 2.05) is 0 Å². The fraction of sp³-hybridized carbons (Fsp3) is 0.815. The third-order valence-electron chi connectivity index (χ3n) is 8.00. The Labute approximate surface area is 240 Å². The minimum atomic E-state index is -1.11. The van der Waals surface area contributed by atoms with Crippen molar-refractivity contribution in [3.8, 4) is 0 Å². The van der Waals surface area contributed by atoms with Gasteiger partial charge in [0.25, 0.3) is 5.91 Å². The number of halogens is 2. The van der Waals surface area contributed by atoms with Crippen LogP contribution < -0.4 is 16.4 Å². The Morgan fingerprint density at radius 2 is 1.59 bits per heavy atom. The highest BCUT2D eigenvalue weighted by atomic mass is 35.5. The molecule has 2 aliphatic carbocycles. The Kier molecular flexibility index (Phi) is 10.9. The number of alkyl halides is 2. The molecule has 0 aromatic heterocycles. The standard InChI is InChI=1S/C27H42Cl2N4O6/c1-27(2,3)39-26(38)32-20(16-10-5-4-6-11-16)25(37)33-14-17(22(28)29)13-19(33)24(36)31-18(21(34)23(30)35)12-15-8-7-9-15/h15-20,22H,4-14H2,1-3H3,(H2,30,35)(H,31,36)(H,32,38)/t17-,18?,19+,20+/m1/s1. The summed E-state index contributed by atoms with van der Waals surface area (Å²) in [7, 11) is 0. The molecule has 10 nitrogen and oxygen atoms in total. The molecule has 39 heavy (non-hydrogen) atoms.